The van der Waals surface area contributed by atoms with Crippen molar-refractivity contribution in [3.63, 3.8) is 0 Å². The van der Waals surface area contributed by atoms with Gasteiger partial charge >= 0.3 is 18.0 Å². The van der Waals surface area contributed by atoms with Crippen LogP contribution in [0.25, 0.3) is 31.3 Å². The number of rotatable bonds is 13. The third kappa shape index (κ3) is 9.58. The smallest absolute Gasteiger partial charge is 0.410 e. The molecule has 0 spiro atoms. The minimum absolute atomic E-state index is 0.0539. The Hall–Kier alpha value is -5.46. The van der Waals surface area contributed by atoms with Crippen LogP contribution in [0.3, 0.4) is 0 Å². The quantitative estimate of drug-likeness (QED) is 0.0696. The first-order chi connectivity index (χ1) is 24.2. The number of esters is 2. The van der Waals surface area contributed by atoms with Crippen molar-refractivity contribution in [2.24, 2.45) is 21.3 Å². The van der Waals surface area contributed by atoms with Crippen molar-refractivity contribution in [1.82, 2.24) is 4.90 Å². The van der Waals surface area contributed by atoms with E-state index in [0.29, 0.717) is 19.3 Å². The second kappa shape index (κ2) is 18.3. The maximum atomic E-state index is 13.8. The van der Waals surface area contributed by atoms with Crippen molar-refractivity contribution in [2.75, 3.05) is 0 Å². The molecular formula is C33H40N10O7. The molecule has 0 bridgehead atoms. The molecule has 1 amide bonds. The number of carbonyl (C=O) groups excluding carboxylic acids is 3. The van der Waals surface area contributed by atoms with E-state index < -0.39 is 72.5 Å². The van der Waals surface area contributed by atoms with E-state index in [0.717, 1.165) is 25.0 Å². The predicted octanol–water partition coefficient (Wildman–Crippen LogP) is 7.07. The lowest BCUT2D eigenvalue weighted by molar-refractivity contribution is -0.197. The van der Waals surface area contributed by atoms with Gasteiger partial charge in [-0.1, -0.05) is 82.9 Å². The van der Waals surface area contributed by atoms with Crippen molar-refractivity contribution < 1.29 is 33.3 Å². The Morgan fingerprint density at radius 2 is 1.38 bits per heavy atom. The lowest BCUT2D eigenvalue weighted by atomic mass is 9.72. The van der Waals surface area contributed by atoms with Crippen molar-refractivity contribution in [2.45, 2.75) is 108 Å². The second-order valence-corrected chi connectivity index (χ2v) is 12.1. The standard InChI is InChI=1S/C33H40N10O7/c1-4-27(43(18-22-11-7-5-8-12-22)33(46)47-19-23-13-9-6-10-14-23)28-16-15-24(37-40-34)30(50-28)29-25(38-41-35)17-26(39-42-36)31(48-20(2)44)32(29)49-21(3)45/h5-14,24-32H,4,15-19H2,1-3H3/t24?,25?,26?,27-,28+,29?,30+,31+,32+/m1/s1. The van der Waals surface area contributed by atoms with Gasteiger partial charge in [0.15, 0.2) is 0 Å². The molecule has 0 aromatic heterocycles. The van der Waals surface area contributed by atoms with Gasteiger partial charge in [-0.05, 0) is 53.4 Å². The number of carbonyl (C=O) groups is 3. The molecule has 9 atom stereocenters. The molecule has 1 aliphatic heterocycles. The summed E-state index contributed by atoms with van der Waals surface area (Å²) in [4.78, 5) is 49.1. The lowest BCUT2D eigenvalue weighted by Crippen LogP contribution is -2.62. The zero-order valence-electron chi connectivity index (χ0n) is 28.0. The van der Waals surface area contributed by atoms with Crippen LogP contribution in [0.15, 0.2) is 76.0 Å². The van der Waals surface area contributed by atoms with Crippen LogP contribution in [0.5, 0.6) is 0 Å². The topological polar surface area (TPSA) is 238 Å². The van der Waals surface area contributed by atoms with Crippen LogP contribution in [0.4, 0.5) is 4.79 Å². The highest BCUT2D eigenvalue weighted by atomic mass is 16.6. The van der Waals surface area contributed by atoms with Crippen molar-refractivity contribution in [3.05, 3.63) is 103 Å². The van der Waals surface area contributed by atoms with E-state index in [9.17, 15) is 31.0 Å². The predicted molar refractivity (Wildman–Crippen MR) is 179 cm³/mol. The van der Waals surface area contributed by atoms with Gasteiger partial charge in [-0.3, -0.25) is 14.5 Å². The van der Waals surface area contributed by atoms with Gasteiger partial charge in [-0.2, -0.15) is 0 Å². The molecule has 1 saturated heterocycles. The summed E-state index contributed by atoms with van der Waals surface area (Å²) >= 11 is 0. The van der Waals surface area contributed by atoms with Gasteiger partial charge in [0.2, 0.25) is 0 Å². The van der Waals surface area contributed by atoms with Gasteiger partial charge in [-0.15, -0.1) is 0 Å². The van der Waals surface area contributed by atoms with E-state index in [4.69, 9.17) is 18.9 Å². The Bertz CT molecular complexity index is 1610. The van der Waals surface area contributed by atoms with Crippen molar-refractivity contribution in [1.29, 1.82) is 0 Å². The largest absolute Gasteiger partial charge is 0.458 e. The highest BCUT2D eigenvalue weighted by Gasteiger charge is 2.54. The normalized spacial score (nSPS) is 26.4. The summed E-state index contributed by atoms with van der Waals surface area (Å²) in [7, 11) is 0. The van der Waals surface area contributed by atoms with E-state index in [-0.39, 0.29) is 19.6 Å². The highest BCUT2D eigenvalue weighted by Crippen LogP contribution is 2.42. The number of amides is 1. The molecule has 1 aliphatic carbocycles. The maximum Gasteiger partial charge on any atom is 0.410 e. The molecule has 1 saturated carbocycles. The Kier molecular flexibility index (Phi) is 13.7. The Balaban J connectivity index is 1.74. The summed E-state index contributed by atoms with van der Waals surface area (Å²) in [5, 5.41) is 11.7. The molecule has 0 N–H and O–H groups in total. The molecule has 2 aromatic rings. The zero-order chi connectivity index (χ0) is 36.0. The van der Waals surface area contributed by atoms with E-state index in [2.05, 4.69) is 30.1 Å². The number of hydrogen-bond donors (Lipinski definition) is 0. The molecule has 17 nitrogen and oxygen atoms in total. The van der Waals surface area contributed by atoms with Crippen LogP contribution in [0, 0.1) is 5.92 Å². The molecule has 1 heterocycles. The van der Waals surface area contributed by atoms with E-state index >= 15 is 0 Å². The van der Waals surface area contributed by atoms with Crippen LogP contribution in [-0.4, -0.2) is 71.5 Å². The fraction of sp³-hybridized carbons (Fsp3) is 0.545. The first kappa shape index (κ1) is 37.4. The van der Waals surface area contributed by atoms with Gasteiger partial charge in [0.25, 0.3) is 0 Å². The van der Waals surface area contributed by atoms with Gasteiger partial charge in [0.1, 0.15) is 18.8 Å². The third-order valence-electron chi connectivity index (χ3n) is 8.93. The molecule has 0 radical (unpaired) electrons. The summed E-state index contributed by atoms with van der Waals surface area (Å²) in [6.07, 6.45) is -3.76. The second-order valence-electron chi connectivity index (χ2n) is 12.1. The zero-order valence-corrected chi connectivity index (χ0v) is 28.0. The highest BCUT2D eigenvalue weighted by molar-refractivity contribution is 5.68. The number of azide groups is 3. The molecule has 264 valence electrons. The minimum Gasteiger partial charge on any atom is -0.458 e. The fourth-order valence-corrected chi connectivity index (χ4v) is 6.91. The summed E-state index contributed by atoms with van der Waals surface area (Å²) < 4.78 is 23.9. The number of ether oxygens (including phenoxy) is 4. The van der Waals surface area contributed by atoms with E-state index in [1.807, 2.05) is 67.6 Å². The van der Waals surface area contributed by atoms with Crippen LogP contribution in [0.1, 0.15) is 57.6 Å². The van der Waals surface area contributed by atoms with E-state index in [1.54, 1.807) is 4.90 Å². The van der Waals surface area contributed by atoms with Gasteiger partial charge in [0.05, 0.1) is 30.3 Å². The molecule has 2 aliphatic rings. The summed E-state index contributed by atoms with van der Waals surface area (Å²) in [6, 6.07) is 15.3. The van der Waals surface area contributed by atoms with Crippen molar-refractivity contribution in [3.8, 4) is 0 Å². The Labute approximate surface area is 288 Å². The monoisotopic (exact) mass is 688 g/mol. The summed E-state index contributed by atoms with van der Waals surface area (Å²) in [5.74, 6) is -2.47. The SMILES string of the molecule is CC[C@H]([C@@H]1CCC(N=[N+]=[N-])[C@@H](C2C(N=[N+]=[N-])CC(N=[N+]=[N-])[C@H](OC(C)=O)[C@H]2OC(C)=O)O1)N(Cc1ccccc1)C(=O)OCc1ccccc1. The molecule has 2 aromatic carbocycles. The van der Waals surface area contributed by atoms with Crippen LogP contribution in [0.2, 0.25) is 0 Å². The Morgan fingerprint density at radius 1 is 0.820 bits per heavy atom. The average molecular weight is 689 g/mol. The van der Waals surface area contributed by atoms with Gasteiger partial charge in [-0.25, -0.2) is 4.79 Å². The van der Waals surface area contributed by atoms with Crippen LogP contribution < -0.4 is 0 Å². The molecular weight excluding hydrogens is 648 g/mol. The molecule has 17 heteroatoms. The van der Waals surface area contributed by atoms with Crippen LogP contribution >= 0.6 is 0 Å². The lowest BCUT2D eigenvalue weighted by Gasteiger charge is -2.50. The number of nitrogens with zero attached hydrogens (tertiary/aromatic N) is 10. The first-order valence-corrected chi connectivity index (χ1v) is 16.3. The molecule has 50 heavy (non-hydrogen) atoms. The molecule has 2 fully saturated rings. The summed E-state index contributed by atoms with van der Waals surface area (Å²) in [5.41, 5.74) is 30.1. The van der Waals surface area contributed by atoms with Crippen molar-refractivity contribution >= 4 is 18.0 Å². The van der Waals surface area contributed by atoms with E-state index in [1.165, 1.54) is 0 Å². The number of hydrogen-bond acceptors (Lipinski definition) is 10. The first-order valence-electron chi connectivity index (χ1n) is 16.3. The maximum absolute atomic E-state index is 13.8. The third-order valence-corrected chi connectivity index (χ3v) is 8.93. The average Bonchev–Trinajstić information content (AvgIpc) is 3.10. The molecule has 4 rings (SSSR count). The molecule has 4 unspecified atom stereocenters. The Morgan fingerprint density at radius 3 is 1.96 bits per heavy atom. The van der Waals surface area contributed by atoms with Gasteiger partial charge < -0.3 is 18.9 Å². The van der Waals surface area contributed by atoms with Crippen LogP contribution in [-0.2, 0) is 41.7 Å². The number of benzene rings is 2. The van der Waals surface area contributed by atoms with Gasteiger partial charge in [0, 0.05) is 47.1 Å². The minimum atomic E-state index is -1.31. The fourth-order valence-electron chi connectivity index (χ4n) is 6.91. The summed E-state index contributed by atoms with van der Waals surface area (Å²) in [6.45, 7) is 4.50.